The Morgan fingerprint density at radius 3 is 2.93 bits per heavy atom. The highest BCUT2D eigenvalue weighted by Crippen LogP contribution is 2.25. The molecule has 6 nitrogen and oxygen atoms in total. The zero-order valence-electron chi connectivity index (χ0n) is 16.5. The van der Waals surface area contributed by atoms with Crippen molar-refractivity contribution in [2.75, 3.05) is 38.6 Å². The van der Waals surface area contributed by atoms with Crippen molar-refractivity contribution in [2.24, 2.45) is 4.99 Å². The third-order valence-corrected chi connectivity index (χ3v) is 5.86. The number of rotatable bonds is 6. The summed E-state index contributed by atoms with van der Waals surface area (Å²) in [6.07, 6.45) is 0.881. The van der Waals surface area contributed by atoms with Crippen molar-refractivity contribution in [3.63, 3.8) is 0 Å². The summed E-state index contributed by atoms with van der Waals surface area (Å²) in [4.78, 5) is 21.2. The molecule has 9 heteroatoms. The molecule has 29 heavy (non-hydrogen) atoms. The molecule has 2 N–H and O–H groups in total. The van der Waals surface area contributed by atoms with Gasteiger partial charge in [-0.2, -0.15) is 0 Å². The Bertz CT molecular complexity index is 859. The van der Waals surface area contributed by atoms with Crippen LogP contribution < -0.4 is 15.5 Å². The fraction of sp³-hybridized carbons (Fsp3) is 0.400. The number of thiophene rings is 1. The van der Waals surface area contributed by atoms with E-state index in [9.17, 15) is 9.18 Å². The van der Waals surface area contributed by atoms with Gasteiger partial charge >= 0.3 is 0 Å². The Hall–Kier alpha value is -2.32. The number of anilines is 1. The summed E-state index contributed by atoms with van der Waals surface area (Å²) in [5.41, 5.74) is 0.809. The molecule has 3 rings (SSSR count). The van der Waals surface area contributed by atoms with Gasteiger partial charge in [0.1, 0.15) is 12.4 Å². The average Bonchev–Trinajstić information content (AvgIpc) is 3.37. The smallest absolute Gasteiger partial charge is 0.243 e. The number of likely N-dealkylation sites (N-methyl/N-ethyl adjacent to an activating group) is 1. The number of halogens is 2. The van der Waals surface area contributed by atoms with Gasteiger partial charge in [-0.1, -0.05) is 17.7 Å². The van der Waals surface area contributed by atoms with Crippen LogP contribution in [0.2, 0.25) is 5.02 Å². The van der Waals surface area contributed by atoms with Gasteiger partial charge in [0, 0.05) is 43.8 Å². The molecule has 0 saturated carbocycles. The minimum atomic E-state index is -0.414. The quantitative estimate of drug-likeness (QED) is 0.539. The predicted octanol–water partition coefficient (Wildman–Crippen LogP) is 2.94. The molecule has 2 aromatic rings. The molecule has 0 spiro atoms. The van der Waals surface area contributed by atoms with Gasteiger partial charge in [0.25, 0.3) is 0 Å². The van der Waals surface area contributed by atoms with Crippen LogP contribution >= 0.6 is 22.9 Å². The highest BCUT2D eigenvalue weighted by atomic mass is 35.5. The van der Waals surface area contributed by atoms with Crippen LogP contribution in [0.1, 0.15) is 11.3 Å². The molecule has 1 saturated heterocycles. The summed E-state index contributed by atoms with van der Waals surface area (Å²) < 4.78 is 13.8. The van der Waals surface area contributed by atoms with Crippen LogP contribution in [0.25, 0.3) is 0 Å². The van der Waals surface area contributed by atoms with Crippen molar-refractivity contribution in [2.45, 2.75) is 19.0 Å². The lowest BCUT2D eigenvalue weighted by Gasteiger charge is -2.21. The van der Waals surface area contributed by atoms with Gasteiger partial charge in [-0.05, 0) is 36.1 Å². The molecular formula is C20H25ClFN5OS. The van der Waals surface area contributed by atoms with Crippen molar-refractivity contribution in [1.82, 2.24) is 15.5 Å². The lowest BCUT2D eigenvalue weighted by atomic mass is 10.2. The monoisotopic (exact) mass is 437 g/mol. The van der Waals surface area contributed by atoms with Gasteiger partial charge in [0.15, 0.2) is 5.96 Å². The molecule has 1 aromatic carbocycles. The van der Waals surface area contributed by atoms with E-state index in [1.807, 2.05) is 23.6 Å². The van der Waals surface area contributed by atoms with Crippen LogP contribution in [0.4, 0.5) is 10.1 Å². The molecular weight excluding hydrogens is 413 g/mol. The zero-order valence-corrected chi connectivity index (χ0v) is 18.1. The van der Waals surface area contributed by atoms with Gasteiger partial charge in [0.05, 0.1) is 11.6 Å². The Morgan fingerprint density at radius 2 is 2.24 bits per heavy atom. The fourth-order valence-electron chi connectivity index (χ4n) is 3.01. The number of nitrogens with zero attached hydrogens (tertiary/aromatic N) is 3. The van der Waals surface area contributed by atoms with E-state index in [0.717, 1.165) is 18.7 Å². The highest BCUT2D eigenvalue weighted by Gasteiger charge is 2.24. The largest absolute Gasteiger partial charge is 0.369 e. The predicted molar refractivity (Wildman–Crippen MR) is 117 cm³/mol. The molecule has 0 radical (unpaired) electrons. The van der Waals surface area contributed by atoms with Gasteiger partial charge in [-0.15, -0.1) is 11.3 Å². The van der Waals surface area contributed by atoms with Crippen LogP contribution in [0.5, 0.6) is 0 Å². The Kier molecular flexibility index (Phi) is 7.33. The third kappa shape index (κ3) is 6.08. The van der Waals surface area contributed by atoms with Gasteiger partial charge in [-0.3, -0.25) is 4.79 Å². The highest BCUT2D eigenvalue weighted by molar-refractivity contribution is 7.09. The molecule has 1 amide bonds. The van der Waals surface area contributed by atoms with E-state index in [2.05, 4.69) is 20.5 Å². The first-order valence-corrected chi connectivity index (χ1v) is 10.7. The first-order valence-electron chi connectivity index (χ1n) is 9.40. The number of hydrogen-bond donors (Lipinski definition) is 2. The summed E-state index contributed by atoms with van der Waals surface area (Å²) in [6, 6.07) is 9.06. The second-order valence-electron chi connectivity index (χ2n) is 7.06. The van der Waals surface area contributed by atoms with Gasteiger partial charge < -0.3 is 20.4 Å². The molecule has 1 unspecified atom stereocenters. The summed E-state index contributed by atoms with van der Waals surface area (Å²) in [6.45, 7) is 2.22. The molecule has 0 bridgehead atoms. The molecule has 1 atom stereocenters. The third-order valence-electron chi connectivity index (χ3n) is 4.68. The van der Waals surface area contributed by atoms with E-state index in [4.69, 9.17) is 11.6 Å². The number of guanidine groups is 1. The standard InChI is InChI=1S/C20H25ClFN5OS/c1-26(2)19(28)12-24-20(23-11-16-4-3-9-29-16)25-14-7-8-27(13-14)15-5-6-17(21)18(22)10-15/h3-6,9-10,14H,7-8,11-13H2,1-2H3,(H2,23,24,25). The number of carbonyl (C=O) groups excluding carboxylic acids is 1. The SMILES string of the molecule is CN(C)C(=O)CN=C(NCc1cccs1)NC1CCN(c2ccc(Cl)c(F)c2)C1. The van der Waals surface area contributed by atoms with Crippen LogP contribution in [0, 0.1) is 5.82 Å². The summed E-state index contributed by atoms with van der Waals surface area (Å²) in [7, 11) is 3.42. The van der Waals surface area contributed by atoms with Crippen molar-refractivity contribution in [1.29, 1.82) is 0 Å². The van der Waals surface area contributed by atoms with E-state index in [-0.39, 0.29) is 23.5 Å². The van der Waals surface area contributed by atoms with Crippen molar-refractivity contribution >= 4 is 40.5 Å². The normalized spacial score (nSPS) is 16.8. The molecule has 1 aliphatic heterocycles. The van der Waals surface area contributed by atoms with Crippen LogP contribution in [-0.4, -0.2) is 56.5 Å². The second-order valence-corrected chi connectivity index (χ2v) is 8.50. The minimum Gasteiger partial charge on any atom is -0.369 e. The maximum atomic E-state index is 13.8. The van der Waals surface area contributed by atoms with Crippen LogP contribution in [0.15, 0.2) is 40.7 Å². The molecule has 156 valence electrons. The van der Waals surface area contributed by atoms with E-state index in [0.29, 0.717) is 19.0 Å². The molecule has 1 fully saturated rings. The van der Waals surface area contributed by atoms with Crippen LogP contribution in [-0.2, 0) is 11.3 Å². The van der Waals surface area contributed by atoms with E-state index in [1.165, 1.54) is 15.8 Å². The maximum absolute atomic E-state index is 13.8. The fourth-order valence-corrected chi connectivity index (χ4v) is 3.77. The van der Waals surface area contributed by atoms with Crippen LogP contribution in [0.3, 0.4) is 0 Å². The van der Waals surface area contributed by atoms with Crippen molar-refractivity contribution in [3.8, 4) is 0 Å². The number of aliphatic imine (C=N–C) groups is 1. The first-order chi connectivity index (χ1) is 13.9. The molecule has 0 aliphatic carbocycles. The number of nitrogens with one attached hydrogen (secondary N) is 2. The van der Waals surface area contributed by atoms with Crippen molar-refractivity contribution < 1.29 is 9.18 Å². The zero-order chi connectivity index (χ0) is 20.8. The van der Waals surface area contributed by atoms with E-state index >= 15 is 0 Å². The van der Waals surface area contributed by atoms with Gasteiger partial charge in [0.2, 0.25) is 5.91 Å². The number of benzene rings is 1. The number of carbonyl (C=O) groups is 1. The molecule has 1 aliphatic rings. The minimum absolute atomic E-state index is 0.0630. The van der Waals surface area contributed by atoms with Gasteiger partial charge in [-0.25, -0.2) is 9.38 Å². The number of amides is 1. The summed E-state index contributed by atoms with van der Waals surface area (Å²) in [5, 5.41) is 8.86. The van der Waals surface area contributed by atoms with E-state index < -0.39 is 5.82 Å². The van der Waals surface area contributed by atoms with E-state index in [1.54, 1.807) is 31.5 Å². The lowest BCUT2D eigenvalue weighted by Crippen LogP contribution is -2.45. The summed E-state index contributed by atoms with van der Waals surface area (Å²) in [5.74, 6) is 0.122. The summed E-state index contributed by atoms with van der Waals surface area (Å²) >= 11 is 7.45. The maximum Gasteiger partial charge on any atom is 0.243 e. The Labute approximate surface area is 179 Å². The average molecular weight is 438 g/mol. The number of hydrogen-bond acceptors (Lipinski definition) is 4. The first kappa shape index (κ1) is 21.4. The van der Waals surface area contributed by atoms with Crippen molar-refractivity contribution in [3.05, 3.63) is 51.4 Å². The molecule has 2 heterocycles. The lowest BCUT2D eigenvalue weighted by molar-refractivity contribution is -0.127. The molecule has 1 aromatic heterocycles. The topological polar surface area (TPSA) is 60.0 Å². The Morgan fingerprint density at radius 1 is 1.41 bits per heavy atom. The Balaban J connectivity index is 1.62. The second kappa shape index (κ2) is 9.93.